The lowest BCUT2D eigenvalue weighted by atomic mass is 10.1. The molecule has 0 bridgehead atoms. The van der Waals surface area contributed by atoms with E-state index in [1.54, 1.807) is 4.90 Å². The highest BCUT2D eigenvalue weighted by molar-refractivity contribution is 9.10. The minimum Gasteiger partial charge on any atom is -0.484 e. The predicted octanol–water partition coefficient (Wildman–Crippen LogP) is 1.78. The lowest BCUT2D eigenvalue weighted by Gasteiger charge is -2.30. The SMILES string of the molecule is N[C@@H]1CCCN(C(=O)COc2cccc(Br)c2)C1. The van der Waals surface area contributed by atoms with Crippen molar-refractivity contribution >= 4 is 21.8 Å². The Balaban J connectivity index is 1.84. The summed E-state index contributed by atoms with van der Waals surface area (Å²) in [6.07, 6.45) is 1.97. The summed E-state index contributed by atoms with van der Waals surface area (Å²) in [5.74, 6) is 0.698. The molecule has 1 amide bonds. The standard InChI is InChI=1S/C13H17BrN2O2/c14-10-3-1-5-12(7-10)18-9-13(17)16-6-2-4-11(15)8-16/h1,3,5,7,11H,2,4,6,8-9,15H2/t11-/m1/s1. The number of likely N-dealkylation sites (tertiary alicyclic amines) is 1. The first-order valence-corrected chi connectivity index (χ1v) is 6.86. The predicted molar refractivity (Wildman–Crippen MR) is 73.4 cm³/mol. The molecule has 0 aromatic heterocycles. The monoisotopic (exact) mass is 312 g/mol. The van der Waals surface area contributed by atoms with E-state index in [0.717, 1.165) is 23.9 Å². The first-order valence-electron chi connectivity index (χ1n) is 6.07. The van der Waals surface area contributed by atoms with E-state index in [2.05, 4.69) is 15.9 Å². The van der Waals surface area contributed by atoms with Gasteiger partial charge in [-0.3, -0.25) is 4.79 Å². The van der Waals surface area contributed by atoms with Crippen LogP contribution in [0.5, 0.6) is 5.75 Å². The second-order valence-corrected chi connectivity index (χ2v) is 5.40. The summed E-state index contributed by atoms with van der Waals surface area (Å²) in [5.41, 5.74) is 5.85. The van der Waals surface area contributed by atoms with E-state index in [1.807, 2.05) is 24.3 Å². The first kappa shape index (κ1) is 13.4. The molecule has 2 N–H and O–H groups in total. The minimum atomic E-state index is 0.00475. The number of hydrogen-bond acceptors (Lipinski definition) is 3. The van der Waals surface area contributed by atoms with E-state index in [1.165, 1.54) is 0 Å². The molecule has 0 unspecified atom stereocenters. The summed E-state index contributed by atoms with van der Waals surface area (Å²) < 4.78 is 6.41. The largest absolute Gasteiger partial charge is 0.484 e. The Morgan fingerprint density at radius 2 is 2.39 bits per heavy atom. The van der Waals surface area contributed by atoms with Crippen LogP contribution >= 0.6 is 15.9 Å². The molecule has 0 spiro atoms. The second kappa shape index (κ2) is 6.20. The number of halogens is 1. The van der Waals surface area contributed by atoms with Crippen LogP contribution in [0.2, 0.25) is 0 Å². The quantitative estimate of drug-likeness (QED) is 0.925. The topological polar surface area (TPSA) is 55.6 Å². The third-order valence-corrected chi connectivity index (χ3v) is 3.46. The van der Waals surface area contributed by atoms with E-state index in [0.29, 0.717) is 12.3 Å². The summed E-state index contributed by atoms with van der Waals surface area (Å²) in [6, 6.07) is 7.57. The molecule has 2 rings (SSSR count). The van der Waals surface area contributed by atoms with Gasteiger partial charge in [0.25, 0.3) is 5.91 Å². The van der Waals surface area contributed by atoms with Crippen LogP contribution in [0.15, 0.2) is 28.7 Å². The number of hydrogen-bond donors (Lipinski definition) is 1. The average Bonchev–Trinajstić information content (AvgIpc) is 2.36. The molecule has 18 heavy (non-hydrogen) atoms. The lowest BCUT2D eigenvalue weighted by molar-refractivity contribution is -0.134. The molecular weight excluding hydrogens is 296 g/mol. The Hall–Kier alpha value is -1.07. The molecule has 1 aromatic rings. The number of piperidine rings is 1. The van der Waals surface area contributed by atoms with Crippen molar-refractivity contribution in [3.63, 3.8) is 0 Å². The molecule has 5 heteroatoms. The van der Waals surface area contributed by atoms with Gasteiger partial charge in [0, 0.05) is 23.6 Å². The smallest absolute Gasteiger partial charge is 0.260 e. The van der Waals surface area contributed by atoms with Gasteiger partial charge in [-0.1, -0.05) is 22.0 Å². The zero-order valence-corrected chi connectivity index (χ0v) is 11.7. The number of ether oxygens (including phenoxy) is 1. The first-order chi connectivity index (χ1) is 8.65. The molecule has 1 aliphatic heterocycles. The molecule has 1 heterocycles. The van der Waals surface area contributed by atoms with Crippen molar-refractivity contribution in [3.05, 3.63) is 28.7 Å². The third kappa shape index (κ3) is 3.71. The fourth-order valence-electron chi connectivity index (χ4n) is 2.03. The van der Waals surface area contributed by atoms with Gasteiger partial charge in [-0.15, -0.1) is 0 Å². The molecule has 0 radical (unpaired) electrons. The maximum Gasteiger partial charge on any atom is 0.260 e. The average molecular weight is 313 g/mol. The summed E-state index contributed by atoms with van der Waals surface area (Å²) >= 11 is 3.36. The Bertz CT molecular complexity index is 425. The van der Waals surface area contributed by atoms with Crippen molar-refractivity contribution in [2.45, 2.75) is 18.9 Å². The molecule has 4 nitrogen and oxygen atoms in total. The Morgan fingerprint density at radius 3 is 3.11 bits per heavy atom. The van der Waals surface area contributed by atoms with E-state index in [-0.39, 0.29) is 18.6 Å². The number of carbonyl (C=O) groups is 1. The van der Waals surface area contributed by atoms with Gasteiger partial charge in [-0.2, -0.15) is 0 Å². The van der Waals surface area contributed by atoms with E-state index >= 15 is 0 Å². The van der Waals surface area contributed by atoms with Gasteiger partial charge in [0.05, 0.1) is 0 Å². The van der Waals surface area contributed by atoms with Crippen LogP contribution in [0.3, 0.4) is 0 Å². The van der Waals surface area contributed by atoms with Crippen molar-refractivity contribution in [2.24, 2.45) is 5.73 Å². The van der Waals surface area contributed by atoms with Crippen LogP contribution < -0.4 is 10.5 Å². The van der Waals surface area contributed by atoms with Crippen molar-refractivity contribution < 1.29 is 9.53 Å². The zero-order chi connectivity index (χ0) is 13.0. The number of rotatable bonds is 3. The number of nitrogens with zero attached hydrogens (tertiary/aromatic N) is 1. The zero-order valence-electron chi connectivity index (χ0n) is 10.1. The summed E-state index contributed by atoms with van der Waals surface area (Å²) in [5, 5.41) is 0. The fourth-order valence-corrected chi connectivity index (χ4v) is 2.41. The van der Waals surface area contributed by atoms with E-state index < -0.39 is 0 Å². The highest BCUT2D eigenvalue weighted by atomic mass is 79.9. The Labute approximate surface area is 115 Å². The molecule has 0 aliphatic carbocycles. The Kier molecular flexibility index (Phi) is 4.60. The van der Waals surface area contributed by atoms with Crippen LogP contribution in [-0.4, -0.2) is 36.5 Å². The van der Waals surface area contributed by atoms with Gasteiger partial charge in [0.1, 0.15) is 5.75 Å². The maximum atomic E-state index is 11.9. The number of nitrogens with two attached hydrogens (primary N) is 1. The van der Waals surface area contributed by atoms with Gasteiger partial charge in [0.15, 0.2) is 6.61 Å². The van der Waals surface area contributed by atoms with Crippen LogP contribution in [0.25, 0.3) is 0 Å². The highest BCUT2D eigenvalue weighted by Gasteiger charge is 2.21. The van der Waals surface area contributed by atoms with Gasteiger partial charge in [-0.25, -0.2) is 0 Å². The van der Waals surface area contributed by atoms with Gasteiger partial charge in [-0.05, 0) is 31.0 Å². The van der Waals surface area contributed by atoms with Gasteiger partial charge >= 0.3 is 0 Å². The van der Waals surface area contributed by atoms with Crippen LogP contribution in [-0.2, 0) is 4.79 Å². The molecular formula is C13H17BrN2O2. The third-order valence-electron chi connectivity index (χ3n) is 2.97. The van der Waals surface area contributed by atoms with Gasteiger partial charge in [0.2, 0.25) is 0 Å². The molecule has 1 aromatic carbocycles. The lowest BCUT2D eigenvalue weighted by Crippen LogP contribution is -2.47. The fraction of sp³-hybridized carbons (Fsp3) is 0.462. The van der Waals surface area contributed by atoms with Crippen LogP contribution in [0.1, 0.15) is 12.8 Å². The van der Waals surface area contributed by atoms with E-state index in [4.69, 9.17) is 10.5 Å². The molecule has 1 aliphatic rings. The van der Waals surface area contributed by atoms with Crippen molar-refractivity contribution in [3.8, 4) is 5.75 Å². The van der Waals surface area contributed by atoms with Crippen molar-refractivity contribution in [1.29, 1.82) is 0 Å². The highest BCUT2D eigenvalue weighted by Crippen LogP contribution is 2.18. The van der Waals surface area contributed by atoms with Gasteiger partial charge < -0.3 is 15.4 Å². The summed E-state index contributed by atoms with van der Waals surface area (Å²) in [6.45, 7) is 1.50. The summed E-state index contributed by atoms with van der Waals surface area (Å²) in [4.78, 5) is 13.7. The Morgan fingerprint density at radius 1 is 1.56 bits per heavy atom. The number of benzene rings is 1. The minimum absolute atomic E-state index is 0.00475. The molecule has 0 saturated carbocycles. The number of carbonyl (C=O) groups excluding carboxylic acids is 1. The second-order valence-electron chi connectivity index (χ2n) is 4.49. The molecule has 1 atom stereocenters. The molecule has 1 fully saturated rings. The molecule has 1 saturated heterocycles. The van der Waals surface area contributed by atoms with Crippen LogP contribution in [0.4, 0.5) is 0 Å². The summed E-state index contributed by atoms with van der Waals surface area (Å²) in [7, 11) is 0. The molecule has 98 valence electrons. The van der Waals surface area contributed by atoms with Crippen molar-refractivity contribution in [1.82, 2.24) is 4.90 Å². The normalized spacial score (nSPS) is 19.7. The van der Waals surface area contributed by atoms with Crippen molar-refractivity contribution in [2.75, 3.05) is 19.7 Å². The maximum absolute atomic E-state index is 11.9. The van der Waals surface area contributed by atoms with Crippen LogP contribution in [0, 0.1) is 0 Å². The van der Waals surface area contributed by atoms with E-state index in [9.17, 15) is 4.79 Å². The number of amides is 1.